The van der Waals surface area contributed by atoms with Crippen molar-refractivity contribution in [3.05, 3.63) is 17.8 Å². The molecule has 0 aliphatic rings. The third kappa shape index (κ3) is 2.92. The van der Waals surface area contributed by atoms with Crippen LogP contribution >= 0.6 is 23.5 Å². The molecule has 0 aliphatic carbocycles. The van der Waals surface area contributed by atoms with Crippen LogP contribution in [0.5, 0.6) is 0 Å². The molecule has 0 unspecified atom stereocenters. The van der Waals surface area contributed by atoms with Crippen molar-refractivity contribution >= 4 is 29.3 Å². The Morgan fingerprint density at radius 3 is 2.65 bits per heavy atom. The van der Waals surface area contributed by atoms with Crippen LogP contribution in [0.4, 0.5) is 5.82 Å². The van der Waals surface area contributed by atoms with E-state index in [1.807, 2.05) is 31.0 Å². The Balaban J connectivity index is 2.29. The van der Waals surface area contributed by atoms with Crippen LogP contribution in [0.15, 0.2) is 27.3 Å². The molecule has 0 aromatic carbocycles. The first-order valence-electron chi connectivity index (χ1n) is 4.95. The molecule has 7 heteroatoms. The van der Waals surface area contributed by atoms with Crippen molar-refractivity contribution in [1.29, 1.82) is 0 Å². The smallest absolute Gasteiger partial charge is 0.190 e. The number of rotatable bonds is 3. The van der Waals surface area contributed by atoms with Gasteiger partial charge in [0, 0.05) is 13.1 Å². The quantitative estimate of drug-likeness (QED) is 0.521. The molecule has 0 saturated carbocycles. The number of thioether (sulfide) groups is 1. The average molecular weight is 267 g/mol. The Morgan fingerprint density at radius 1 is 1.29 bits per heavy atom. The molecule has 0 amide bonds. The van der Waals surface area contributed by atoms with E-state index in [0.717, 1.165) is 15.7 Å². The van der Waals surface area contributed by atoms with E-state index in [1.54, 1.807) is 6.07 Å². The van der Waals surface area contributed by atoms with Gasteiger partial charge in [-0.3, -0.25) is 4.68 Å². The van der Waals surface area contributed by atoms with E-state index in [0.29, 0.717) is 11.0 Å². The van der Waals surface area contributed by atoms with E-state index in [9.17, 15) is 0 Å². The summed E-state index contributed by atoms with van der Waals surface area (Å²) >= 11 is 3.01. The van der Waals surface area contributed by atoms with Gasteiger partial charge in [-0.25, -0.2) is 9.97 Å². The van der Waals surface area contributed by atoms with Crippen molar-refractivity contribution in [2.75, 3.05) is 12.0 Å². The monoisotopic (exact) mass is 267 g/mol. The molecule has 2 N–H and O–H groups in total. The van der Waals surface area contributed by atoms with Crippen molar-refractivity contribution in [2.45, 2.75) is 22.1 Å². The third-order valence-electron chi connectivity index (χ3n) is 2.05. The first-order valence-corrected chi connectivity index (χ1v) is 6.99. The average Bonchev–Trinajstić information content (AvgIpc) is 2.56. The molecule has 0 atom stereocenters. The van der Waals surface area contributed by atoms with Gasteiger partial charge in [0.15, 0.2) is 5.16 Å². The lowest BCUT2D eigenvalue weighted by atomic mass is 10.5. The summed E-state index contributed by atoms with van der Waals surface area (Å²) < 4.78 is 1.83. The molecule has 5 nitrogen and oxygen atoms in total. The van der Waals surface area contributed by atoms with E-state index in [1.165, 1.54) is 23.5 Å². The molecule has 0 spiro atoms. The van der Waals surface area contributed by atoms with E-state index < -0.39 is 0 Å². The first-order chi connectivity index (χ1) is 8.08. The third-order valence-corrected chi connectivity index (χ3v) is 3.61. The summed E-state index contributed by atoms with van der Waals surface area (Å²) in [6.07, 6.45) is 1.93. The van der Waals surface area contributed by atoms with Gasteiger partial charge in [-0.1, -0.05) is 23.5 Å². The minimum absolute atomic E-state index is 0.491. The van der Waals surface area contributed by atoms with Crippen molar-refractivity contribution in [3.63, 3.8) is 0 Å². The number of anilines is 1. The summed E-state index contributed by atoms with van der Waals surface area (Å²) in [4.78, 5) is 8.51. The number of hydrogen-bond donors (Lipinski definition) is 1. The topological polar surface area (TPSA) is 69.6 Å². The minimum Gasteiger partial charge on any atom is -0.384 e. The number of nitrogens with zero attached hydrogens (tertiary/aromatic N) is 4. The largest absolute Gasteiger partial charge is 0.384 e. The number of nitrogens with two attached hydrogens (primary N) is 1. The zero-order chi connectivity index (χ0) is 12.4. The SMILES string of the molecule is CSc1nc(N)cc(Sc2cc(C)nn2C)n1. The Bertz CT molecular complexity index is 537. The Labute approximate surface area is 108 Å². The summed E-state index contributed by atoms with van der Waals surface area (Å²) in [7, 11) is 1.91. The highest BCUT2D eigenvalue weighted by molar-refractivity contribution is 7.99. The van der Waals surface area contributed by atoms with Crippen LogP contribution in [0, 0.1) is 6.92 Å². The molecular formula is C10H13N5S2. The fourth-order valence-electron chi connectivity index (χ4n) is 1.35. The molecule has 2 aromatic rings. The van der Waals surface area contributed by atoms with E-state index in [4.69, 9.17) is 5.73 Å². The van der Waals surface area contributed by atoms with Gasteiger partial charge in [-0.05, 0) is 19.2 Å². The van der Waals surface area contributed by atoms with E-state index in [2.05, 4.69) is 15.1 Å². The van der Waals surface area contributed by atoms with Gasteiger partial charge in [0.25, 0.3) is 0 Å². The van der Waals surface area contributed by atoms with Gasteiger partial charge in [0.1, 0.15) is 15.9 Å². The maximum atomic E-state index is 5.73. The van der Waals surface area contributed by atoms with Gasteiger partial charge in [0.2, 0.25) is 0 Å². The Kier molecular flexibility index (Phi) is 3.58. The summed E-state index contributed by atoms with van der Waals surface area (Å²) in [6.45, 7) is 1.96. The first kappa shape index (κ1) is 12.3. The van der Waals surface area contributed by atoms with E-state index in [-0.39, 0.29) is 0 Å². The van der Waals surface area contributed by atoms with Gasteiger partial charge in [-0.15, -0.1) is 0 Å². The fraction of sp³-hybridized carbons (Fsp3) is 0.300. The lowest BCUT2D eigenvalue weighted by Gasteiger charge is -2.03. The number of nitrogen functional groups attached to an aromatic ring is 1. The van der Waals surface area contributed by atoms with E-state index >= 15 is 0 Å². The predicted octanol–water partition coefficient (Wildman–Crippen LogP) is 1.97. The second kappa shape index (κ2) is 4.97. The molecule has 0 saturated heterocycles. The van der Waals surface area contributed by atoms with Crippen LogP contribution < -0.4 is 5.73 Å². The van der Waals surface area contributed by atoms with Gasteiger partial charge in [0.05, 0.1) is 5.69 Å². The maximum absolute atomic E-state index is 5.73. The van der Waals surface area contributed by atoms with Crippen LogP contribution in [0.3, 0.4) is 0 Å². The van der Waals surface area contributed by atoms with Crippen molar-refractivity contribution in [1.82, 2.24) is 19.7 Å². The lowest BCUT2D eigenvalue weighted by molar-refractivity contribution is 0.691. The second-order valence-electron chi connectivity index (χ2n) is 3.47. The Morgan fingerprint density at radius 2 is 2.06 bits per heavy atom. The number of aromatic nitrogens is 4. The second-order valence-corrected chi connectivity index (χ2v) is 5.28. The van der Waals surface area contributed by atoms with Crippen LogP contribution in [-0.2, 0) is 7.05 Å². The molecule has 2 aromatic heterocycles. The highest BCUT2D eigenvalue weighted by Crippen LogP contribution is 2.28. The predicted molar refractivity (Wildman–Crippen MR) is 70.3 cm³/mol. The molecule has 0 radical (unpaired) electrons. The molecule has 0 aliphatic heterocycles. The van der Waals surface area contributed by atoms with Crippen LogP contribution in [-0.4, -0.2) is 26.0 Å². The summed E-state index contributed by atoms with van der Waals surface area (Å²) in [5.41, 5.74) is 6.72. The van der Waals surface area contributed by atoms with Crippen molar-refractivity contribution < 1.29 is 0 Å². The van der Waals surface area contributed by atoms with Gasteiger partial charge >= 0.3 is 0 Å². The number of aryl methyl sites for hydroxylation is 2. The minimum atomic E-state index is 0.491. The lowest BCUT2D eigenvalue weighted by Crippen LogP contribution is -1.97. The summed E-state index contributed by atoms with van der Waals surface area (Å²) in [5.74, 6) is 0.491. The highest BCUT2D eigenvalue weighted by atomic mass is 32.2. The number of hydrogen-bond acceptors (Lipinski definition) is 6. The highest BCUT2D eigenvalue weighted by Gasteiger charge is 2.08. The molecule has 0 bridgehead atoms. The molecule has 0 fully saturated rings. The summed E-state index contributed by atoms with van der Waals surface area (Å²) in [5, 5.41) is 6.85. The van der Waals surface area contributed by atoms with Gasteiger partial charge in [-0.2, -0.15) is 5.10 Å². The molecule has 2 rings (SSSR count). The van der Waals surface area contributed by atoms with Crippen LogP contribution in [0.2, 0.25) is 0 Å². The standard InChI is InChI=1S/C10H13N5S2/c1-6-4-9(15(2)14-6)17-8-5-7(11)12-10(13-8)16-3/h4-5H,1-3H3,(H2,11,12,13). The fourth-order valence-corrected chi connectivity index (χ4v) is 2.73. The molecule has 17 heavy (non-hydrogen) atoms. The zero-order valence-corrected chi connectivity index (χ0v) is 11.5. The zero-order valence-electron chi connectivity index (χ0n) is 9.84. The van der Waals surface area contributed by atoms with Crippen molar-refractivity contribution in [2.24, 2.45) is 7.05 Å². The maximum Gasteiger partial charge on any atom is 0.190 e. The summed E-state index contributed by atoms with van der Waals surface area (Å²) in [6, 6.07) is 3.79. The van der Waals surface area contributed by atoms with Gasteiger partial charge < -0.3 is 5.73 Å². The molecule has 90 valence electrons. The molecule has 2 heterocycles. The van der Waals surface area contributed by atoms with Crippen LogP contribution in [0.1, 0.15) is 5.69 Å². The normalized spacial score (nSPS) is 10.8. The van der Waals surface area contributed by atoms with Crippen LogP contribution in [0.25, 0.3) is 0 Å². The molecular weight excluding hydrogens is 254 g/mol. The van der Waals surface area contributed by atoms with Crippen molar-refractivity contribution in [3.8, 4) is 0 Å². The Hall–Kier alpha value is -1.21.